The third-order valence-corrected chi connectivity index (χ3v) is 28.7. The van der Waals surface area contributed by atoms with Gasteiger partial charge < -0.3 is 0 Å². The standard InChI is InChI=1S/C59H39N3.C53H35N3.C22H15N3/c1-4-19-40(20-5-1)56-55-51-33-12-15-36-54(51)62(48-29-8-3-9-30-48)58(55)61-57(60-56)45-25-17-23-43(38-45)41-21-16-22-42(37-41)44-24-18-28-47(39-44)59(46-26-6-2-7-27-46)52-34-13-10-31-49(52)50-32-11-14-35-53(50)59;1-4-18-36(19-5-1)50-49-45-30-12-15-33-48(45)56(42-26-8-3-9-27-42)52(49)55-51(54-50)39-22-16-20-37(34-39)38-21-17-25-41(35-38)53(40-23-6-2-7-24-40)46-31-13-10-28-43(46)44-29-11-14-32-47(44)53;1-3-9-16(10-4-1)21-20-18-13-7-8-14-19(18)25(22(20)24-15-23-21)17-11-5-2-6-12-17/h1-39H;1-35H;1-15H. The highest BCUT2D eigenvalue weighted by Gasteiger charge is 2.48. The van der Waals surface area contributed by atoms with E-state index in [0.29, 0.717) is 11.6 Å². The highest BCUT2D eigenvalue weighted by Crippen LogP contribution is 2.59. The number of hydrogen-bond donors (Lipinski definition) is 0. The second-order valence-corrected chi connectivity index (χ2v) is 36.6. The van der Waals surface area contributed by atoms with E-state index in [1.807, 2.05) is 24.3 Å². The minimum absolute atomic E-state index is 0.456. The number of rotatable bonds is 15. The largest absolute Gasteiger partial charge is 0.294 e. The molecule has 0 spiro atoms. The smallest absolute Gasteiger partial charge is 0.162 e. The third-order valence-electron chi connectivity index (χ3n) is 28.7. The van der Waals surface area contributed by atoms with Crippen molar-refractivity contribution < 1.29 is 0 Å². The fraction of sp³-hybridized carbons (Fsp3) is 0.0149. The van der Waals surface area contributed by atoms with Gasteiger partial charge in [-0.2, -0.15) is 0 Å². The Morgan fingerprint density at radius 1 is 0.168 bits per heavy atom. The molecule has 9 heteroatoms. The normalized spacial score (nSPS) is 12.4. The molecule has 0 bridgehead atoms. The van der Waals surface area contributed by atoms with Crippen LogP contribution in [0.2, 0.25) is 0 Å². The molecule has 2 aliphatic carbocycles. The Labute approximate surface area is 828 Å². The van der Waals surface area contributed by atoms with Crippen LogP contribution in [0.3, 0.4) is 0 Å². The van der Waals surface area contributed by atoms with Crippen LogP contribution in [-0.2, 0) is 10.8 Å². The average Bonchev–Trinajstić information content (AvgIpc) is 1.54. The Kier molecular flexibility index (Phi) is 21.2. The van der Waals surface area contributed by atoms with Gasteiger partial charge in [-0.25, -0.2) is 29.9 Å². The van der Waals surface area contributed by atoms with Crippen LogP contribution in [0.1, 0.15) is 44.5 Å². The Hall–Kier alpha value is -19.0. The first-order valence-electron chi connectivity index (χ1n) is 48.7. The predicted molar refractivity (Wildman–Crippen MR) is 587 cm³/mol. The van der Waals surface area contributed by atoms with Crippen molar-refractivity contribution in [1.82, 2.24) is 43.6 Å². The lowest BCUT2D eigenvalue weighted by Crippen LogP contribution is -2.28. The molecule has 28 rings (SSSR count). The van der Waals surface area contributed by atoms with Crippen molar-refractivity contribution in [1.29, 1.82) is 0 Å². The molecule has 9 nitrogen and oxygen atoms in total. The topological polar surface area (TPSA) is 92.1 Å². The van der Waals surface area contributed by atoms with Gasteiger partial charge in [-0.15, -0.1) is 0 Å². The van der Waals surface area contributed by atoms with E-state index in [9.17, 15) is 0 Å². The lowest BCUT2D eigenvalue weighted by molar-refractivity contribution is 0.769. The zero-order chi connectivity index (χ0) is 94.7. The van der Waals surface area contributed by atoms with Gasteiger partial charge in [-0.1, -0.05) is 449 Å². The maximum absolute atomic E-state index is 5.41. The van der Waals surface area contributed by atoms with Gasteiger partial charge in [0.2, 0.25) is 0 Å². The van der Waals surface area contributed by atoms with Crippen molar-refractivity contribution in [2.75, 3.05) is 0 Å². The van der Waals surface area contributed by atoms with Gasteiger partial charge in [0.15, 0.2) is 11.6 Å². The maximum Gasteiger partial charge on any atom is 0.162 e. The summed E-state index contributed by atoms with van der Waals surface area (Å²) in [6.45, 7) is 0. The highest BCUT2D eigenvalue weighted by molar-refractivity contribution is 6.17. The van der Waals surface area contributed by atoms with Crippen molar-refractivity contribution >= 4 is 65.8 Å². The minimum Gasteiger partial charge on any atom is -0.294 e. The molecule has 0 fully saturated rings. The number of aromatic nitrogens is 9. The fourth-order valence-corrected chi connectivity index (χ4v) is 22.5. The molecule has 20 aromatic carbocycles. The van der Waals surface area contributed by atoms with Crippen LogP contribution in [0.4, 0.5) is 0 Å². The lowest BCUT2D eigenvalue weighted by Gasteiger charge is -2.34. The summed E-state index contributed by atoms with van der Waals surface area (Å²) in [5.41, 5.74) is 38.5. The first-order valence-corrected chi connectivity index (χ1v) is 48.7. The van der Waals surface area contributed by atoms with E-state index >= 15 is 0 Å². The van der Waals surface area contributed by atoms with Crippen LogP contribution in [0.25, 0.3) is 195 Å². The molecule has 0 aliphatic heterocycles. The van der Waals surface area contributed by atoms with Crippen LogP contribution in [0, 0.1) is 0 Å². The van der Waals surface area contributed by atoms with E-state index in [1.54, 1.807) is 6.33 Å². The summed E-state index contributed by atoms with van der Waals surface area (Å²) in [5.74, 6) is 1.37. The van der Waals surface area contributed by atoms with Crippen molar-refractivity contribution in [2.45, 2.75) is 10.8 Å². The first-order chi connectivity index (χ1) is 71.0. The number of fused-ring (bicyclic) bond motifs is 15. The molecule has 0 N–H and O–H groups in total. The predicted octanol–water partition coefficient (Wildman–Crippen LogP) is 32.8. The summed E-state index contributed by atoms with van der Waals surface area (Å²) >= 11 is 0. The van der Waals surface area contributed by atoms with Crippen molar-refractivity contribution in [2.24, 2.45) is 0 Å². The summed E-state index contributed by atoms with van der Waals surface area (Å²) in [7, 11) is 0. The van der Waals surface area contributed by atoms with Gasteiger partial charge in [-0.05, 0) is 185 Å². The number of para-hydroxylation sites is 6. The quantitative estimate of drug-likeness (QED) is 0.102. The Bertz CT molecular complexity index is 9230. The molecule has 26 aromatic rings. The SMILES string of the molecule is c1ccc(-c2nc(-c3cccc(-c4cccc(-c5cccc(C6(c7ccccc7)c7ccccc7-c7ccccc76)c5)c4)c3)nc3c2c2ccccc2n3-c2ccccc2)cc1.c1ccc(-c2nc(-c3cccc(-c4cccc(C5(c6ccccc6)c6ccccc6-c6ccccc65)c4)c3)nc3c2c2ccccc2n3-c2ccccc2)cc1.c1ccc(-c2ncnc3c2c2ccccc2n3-c2ccccc2)cc1. The second-order valence-electron chi connectivity index (χ2n) is 36.6. The Morgan fingerprint density at radius 2 is 0.413 bits per heavy atom. The Morgan fingerprint density at radius 3 is 0.762 bits per heavy atom. The Balaban J connectivity index is 0.000000119. The van der Waals surface area contributed by atoms with Crippen LogP contribution in [-0.4, -0.2) is 43.6 Å². The van der Waals surface area contributed by atoms with Crippen LogP contribution < -0.4 is 0 Å². The molecule has 0 unspecified atom stereocenters. The molecule has 6 heterocycles. The molecule has 6 aromatic heterocycles. The second kappa shape index (κ2) is 35.9. The third kappa shape index (κ3) is 14.4. The van der Waals surface area contributed by atoms with E-state index in [0.717, 1.165) is 150 Å². The average molecular weight is 1830 g/mol. The molecular formula is C134H89N9. The maximum atomic E-state index is 5.41. The number of hydrogen-bond acceptors (Lipinski definition) is 6. The summed E-state index contributed by atoms with van der Waals surface area (Å²) in [6, 6.07) is 190. The van der Waals surface area contributed by atoms with Crippen molar-refractivity contribution in [3.8, 4) is 129 Å². The zero-order valence-electron chi connectivity index (χ0n) is 77.9. The van der Waals surface area contributed by atoms with E-state index in [2.05, 4.69) is 533 Å². The van der Waals surface area contributed by atoms with E-state index in [1.165, 1.54) is 77.7 Å². The van der Waals surface area contributed by atoms with Crippen LogP contribution >= 0.6 is 0 Å². The monoisotopic (exact) mass is 1820 g/mol. The molecule has 143 heavy (non-hydrogen) atoms. The number of nitrogens with zero attached hydrogens (tertiary/aromatic N) is 9. The van der Waals surface area contributed by atoms with Crippen molar-refractivity contribution in [3.05, 3.63) is 585 Å². The first kappa shape index (κ1) is 84.5. The summed E-state index contributed by atoms with van der Waals surface area (Å²) in [5, 5.41) is 6.61. The molecule has 2 aliphatic rings. The molecular weight excluding hydrogens is 1740 g/mol. The van der Waals surface area contributed by atoms with Gasteiger partial charge in [0, 0.05) is 61.0 Å². The van der Waals surface area contributed by atoms with Gasteiger partial charge >= 0.3 is 0 Å². The minimum atomic E-state index is -0.467. The van der Waals surface area contributed by atoms with Gasteiger partial charge in [-0.3, -0.25) is 13.7 Å². The molecule has 0 atom stereocenters. The van der Waals surface area contributed by atoms with Gasteiger partial charge in [0.25, 0.3) is 0 Å². The highest BCUT2D eigenvalue weighted by atomic mass is 15.1. The van der Waals surface area contributed by atoms with Gasteiger partial charge in [0.1, 0.15) is 23.3 Å². The summed E-state index contributed by atoms with van der Waals surface area (Å²) in [4.78, 5) is 30.8. The summed E-state index contributed by atoms with van der Waals surface area (Å²) in [6.07, 6.45) is 1.66. The molecule has 670 valence electrons. The molecule has 0 saturated heterocycles. The van der Waals surface area contributed by atoms with E-state index in [-0.39, 0.29) is 0 Å². The van der Waals surface area contributed by atoms with Crippen LogP contribution in [0.15, 0.2) is 540 Å². The molecule has 0 radical (unpaired) electrons. The molecule has 0 amide bonds. The van der Waals surface area contributed by atoms with E-state index in [4.69, 9.17) is 19.9 Å². The lowest BCUT2D eigenvalue weighted by atomic mass is 9.67. The van der Waals surface area contributed by atoms with Crippen molar-refractivity contribution in [3.63, 3.8) is 0 Å². The van der Waals surface area contributed by atoms with E-state index < -0.39 is 10.8 Å². The molecule has 0 saturated carbocycles. The summed E-state index contributed by atoms with van der Waals surface area (Å²) < 4.78 is 6.75. The number of benzene rings is 20. The zero-order valence-corrected chi connectivity index (χ0v) is 77.9. The van der Waals surface area contributed by atoms with Crippen LogP contribution in [0.5, 0.6) is 0 Å². The van der Waals surface area contributed by atoms with Gasteiger partial charge in [0.05, 0.1) is 60.6 Å². The fourth-order valence-electron chi connectivity index (χ4n) is 22.5.